The second-order valence-electron chi connectivity index (χ2n) is 5.96. The van der Waals surface area contributed by atoms with E-state index in [1.807, 2.05) is 31.2 Å². The van der Waals surface area contributed by atoms with Gasteiger partial charge in [-0.2, -0.15) is 0 Å². The maximum absolute atomic E-state index is 12.0. The number of ketones is 1. The van der Waals surface area contributed by atoms with Crippen molar-refractivity contribution in [2.75, 3.05) is 6.54 Å². The zero-order valence-corrected chi connectivity index (χ0v) is 13.1. The van der Waals surface area contributed by atoms with Crippen molar-refractivity contribution in [3.8, 4) is 0 Å². The van der Waals surface area contributed by atoms with E-state index < -0.39 is 0 Å². The molecule has 4 nitrogen and oxygen atoms in total. The Morgan fingerprint density at radius 2 is 1.91 bits per heavy atom. The van der Waals surface area contributed by atoms with Crippen molar-refractivity contribution >= 4 is 18.0 Å². The van der Waals surface area contributed by atoms with Gasteiger partial charge in [-0.05, 0) is 31.7 Å². The third kappa shape index (κ3) is 4.52. The molecule has 0 N–H and O–H groups in total. The summed E-state index contributed by atoms with van der Waals surface area (Å²) in [6.45, 7) is 2.67. The maximum atomic E-state index is 12.0. The van der Waals surface area contributed by atoms with Crippen LogP contribution in [0.15, 0.2) is 24.3 Å². The summed E-state index contributed by atoms with van der Waals surface area (Å²) in [7, 11) is 0. The van der Waals surface area contributed by atoms with Gasteiger partial charge in [0.05, 0.1) is 6.04 Å². The number of hydrogen-bond acceptors (Lipinski definition) is 3. The fraction of sp³-hybridized carbons (Fsp3) is 0.500. The molecular weight excluding hydrogens is 278 g/mol. The molecule has 118 valence electrons. The van der Waals surface area contributed by atoms with Crippen molar-refractivity contribution in [1.82, 2.24) is 4.90 Å². The van der Waals surface area contributed by atoms with Crippen molar-refractivity contribution < 1.29 is 14.4 Å². The number of rotatable bonds is 7. The van der Waals surface area contributed by atoms with Gasteiger partial charge in [-0.15, -0.1) is 0 Å². The number of carbonyl (C=O) groups is 3. The molecule has 1 heterocycles. The van der Waals surface area contributed by atoms with E-state index in [9.17, 15) is 14.4 Å². The van der Waals surface area contributed by atoms with Crippen molar-refractivity contribution in [3.63, 3.8) is 0 Å². The first-order valence-electron chi connectivity index (χ1n) is 7.92. The molecule has 0 aromatic heterocycles. The minimum Gasteiger partial charge on any atom is -0.333 e. The van der Waals surface area contributed by atoms with Gasteiger partial charge in [0.15, 0.2) is 0 Å². The Kier molecular flexibility index (Phi) is 5.87. The van der Waals surface area contributed by atoms with Crippen LogP contribution in [0.1, 0.15) is 43.2 Å². The fourth-order valence-corrected chi connectivity index (χ4v) is 2.80. The molecule has 0 unspecified atom stereocenters. The highest BCUT2D eigenvalue weighted by Gasteiger charge is 2.27. The number of Topliss-reactive ketones (excluding diaryl/α,β-unsaturated/α-hetero) is 1. The summed E-state index contributed by atoms with van der Waals surface area (Å²) in [5.41, 5.74) is 2.35. The van der Waals surface area contributed by atoms with E-state index in [1.165, 1.54) is 5.56 Å². The quantitative estimate of drug-likeness (QED) is 0.727. The summed E-state index contributed by atoms with van der Waals surface area (Å²) in [5.74, 6) is 0.0362. The lowest BCUT2D eigenvalue weighted by molar-refractivity contribution is -0.135. The molecule has 1 aliphatic rings. The Labute approximate surface area is 131 Å². The monoisotopic (exact) mass is 301 g/mol. The molecule has 1 amide bonds. The minimum atomic E-state index is -0.282. The van der Waals surface area contributed by atoms with E-state index in [4.69, 9.17) is 0 Å². The van der Waals surface area contributed by atoms with E-state index in [-0.39, 0.29) is 30.6 Å². The average Bonchev–Trinajstić information content (AvgIpc) is 3.00. The Bertz CT molecular complexity index is 536. The molecular formula is C18H23NO3. The highest BCUT2D eigenvalue weighted by atomic mass is 16.2. The van der Waals surface area contributed by atoms with E-state index >= 15 is 0 Å². The summed E-state index contributed by atoms with van der Waals surface area (Å²) < 4.78 is 0. The average molecular weight is 301 g/mol. The second-order valence-corrected chi connectivity index (χ2v) is 5.96. The van der Waals surface area contributed by atoms with Gasteiger partial charge in [0, 0.05) is 25.8 Å². The van der Waals surface area contributed by atoms with Crippen LogP contribution in [0, 0.1) is 6.92 Å². The number of aryl methyl sites for hydroxylation is 2. The number of benzene rings is 1. The van der Waals surface area contributed by atoms with Crippen molar-refractivity contribution in [2.24, 2.45) is 0 Å². The third-order valence-corrected chi connectivity index (χ3v) is 4.21. The lowest BCUT2D eigenvalue weighted by Crippen LogP contribution is -2.36. The van der Waals surface area contributed by atoms with Gasteiger partial charge in [0.1, 0.15) is 12.1 Å². The standard InChI is InChI=1S/C18H23NO3/c1-14-4-6-15(7-5-14)8-9-17(21)10-11-18(22)19-12-2-3-16(19)13-20/h4-7,13,16H,2-3,8-12H2,1H3/t16-/m0/s1. The number of amides is 1. The molecule has 1 aromatic carbocycles. The second kappa shape index (κ2) is 7.87. The minimum absolute atomic E-state index is 0.0710. The number of nitrogens with zero attached hydrogens (tertiary/aromatic N) is 1. The van der Waals surface area contributed by atoms with Gasteiger partial charge in [-0.25, -0.2) is 0 Å². The molecule has 1 atom stereocenters. The first kappa shape index (κ1) is 16.4. The Hall–Kier alpha value is -1.97. The van der Waals surface area contributed by atoms with Crippen LogP contribution in [0.2, 0.25) is 0 Å². The smallest absolute Gasteiger partial charge is 0.223 e. The summed E-state index contributed by atoms with van der Waals surface area (Å²) in [4.78, 5) is 36.5. The number of aldehydes is 1. The third-order valence-electron chi connectivity index (χ3n) is 4.21. The molecule has 1 aromatic rings. The zero-order valence-electron chi connectivity index (χ0n) is 13.1. The highest BCUT2D eigenvalue weighted by molar-refractivity contribution is 5.86. The first-order valence-corrected chi connectivity index (χ1v) is 7.92. The molecule has 1 fully saturated rings. The Balaban J connectivity index is 1.72. The van der Waals surface area contributed by atoms with Crippen LogP contribution in [-0.2, 0) is 20.8 Å². The Morgan fingerprint density at radius 3 is 2.59 bits per heavy atom. The summed E-state index contributed by atoms with van der Waals surface area (Å²) in [6.07, 6.45) is 4.13. The number of carbonyl (C=O) groups excluding carboxylic acids is 3. The molecule has 1 aliphatic heterocycles. The molecule has 4 heteroatoms. The predicted octanol–water partition coefficient (Wildman–Crippen LogP) is 2.47. The van der Waals surface area contributed by atoms with E-state index in [1.54, 1.807) is 4.90 Å². The van der Waals surface area contributed by atoms with Crippen LogP contribution in [0.3, 0.4) is 0 Å². The van der Waals surface area contributed by atoms with E-state index in [2.05, 4.69) is 0 Å². The van der Waals surface area contributed by atoms with Crippen LogP contribution in [0.25, 0.3) is 0 Å². The van der Waals surface area contributed by atoms with Gasteiger partial charge in [0.2, 0.25) is 5.91 Å². The summed E-state index contributed by atoms with van der Waals surface area (Å²) in [5, 5.41) is 0. The SMILES string of the molecule is Cc1ccc(CCC(=O)CCC(=O)N2CCC[C@H]2C=O)cc1. The van der Waals surface area contributed by atoms with Crippen molar-refractivity contribution in [2.45, 2.75) is 51.5 Å². The van der Waals surface area contributed by atoms with Crippen LogP contribution >= 0.6 is 0 Å². The van der Waals surface area contributed by atoms with Gasteiger partial charge < -0.3 is 9.69 Å². The topological polar surface area (TPSA) is 54.5 Å². The van der Waals surface area contributed by atoms with Crippen molar-refractivity contribution in [1.29, 1.82) is 0 Å². The zero-order chi connectivity index (χ0) is 15.9. The molecule has 0 bridgehead atoms. The predicted molar refractivity (Wildman–Crippen MR) is 84.5 cm³/mol. The molecule has 0 spiro atoms. The number of likely N-dealkylation sites (tertiary alicyclic amines) is 1. The van der Waals surface area contributed by atoms with E-state index in [0.29, 0.717) is 19.4 Å². The van der Waals surface area contributed by atoms with Crippen LogP contribution in [0.4, 0.5) is 0 Å². The summed E-state index contributed by atoms with van der Waals surface area (Å²) >= 11 is 0. The molecule has 0 aliphatic carbocycles. The molecule has 0 saturated carbocycles. The molecule has 2 rings (SSSR count). The van der Waals surface area contributed by atoms with Crippen molar-refractivity contribution in [3.05, 3.63) is 35.4 Å². The highest BCUT2D eigenvalue weighted by Crippen LogP contribution is 2.17. The van der Waals surface area contributed by atoms with Gasteiger partial charge in [-0.1, -0.05) is 29.8 Å². The lowest BCUT2D eigenvalue weighted by atomic mass is 10.0. The summed E-state index contributed by atoms with van der Waals surface area (Å²) in [6, 6.07) is 7.86. The largest absolute Gasteiger partial charge is 0.333 e. The first-order chi connectivity index (χ1) is 10.6. The number of hydrogen-bond donors (Lipinski definition) is 0. The normalized spacial score (nSPS) is 17.5. The van der Waals surface area contributed by atoms with Crippen LogP contribution < -0.4 is 0 Å². The van der Waals surface area contributed by atoms with E-state index in [0.717, 1.165) is 24.7 Å². The van der Waals surface area contributed by atoms with Gasteiger partial charge >= 0.3 is 0 Å². The van der Waals surface area contributed by atoms with Gasteiger partial charge in [0.25, 0.3) is 0 Å². The molecule has 1 saturated heterocycles. The van der Waals surface area contributed by atoms with Gasteiger partial charge in [-0.3, -0.25) is 9.59 Å². The fourth-order valence-electron chi connectivity index (χ4n) is 2.80. The molecule has 22 heavy (non-hydrogen) atoms. The maximum Gasteiger partial charge on any atom is 0.223 e. The molecule has 0 radical (unpaired) electrons. The van der Waals surface area contributed by atoms with Crippen LogP contribution in [0.5, 0.6) is 0 Å². The Morgan fingerprint density at radius 1 is 1.18 bits per heavy atom. The lowest BCUT2D eigenvalue weighted by Gasteiger charge is -2.20. The van der Waals surface area contributed by atoms with Crippen LogP contribution in [-0.4, -0.2) is 35.5 Å².